The molecule has 1 N–H and O–H groups in total. The predicted molar refractivity (Wildman–Crippen MR) is 112 cm³/mol. The molecular weight excluding hydrogens is 370 g/mol. The van der Waals surface area contributed by atoms with E-state index in [0.29, 0.717) is 19.5 Å². The zero-order valence-corrected chi connectivity index (χ0v) is 17.5. The average Bonchev–Trinajstić information content (AvgIpc) is 2.72. The predicted octanol–water partition coefficient (Wildman–Crippen LogP) is 1.11. The lowest BCUT2D eigenvalue weighted by atomic mass is 10.1. The van der Waals surface area contributed by atoms with E-state index in [0.717, 1.165) is 17.2 Å². The lowest BCUT2D eigenvalue weighted by molar-refractivity contribution is -0.135. The molecule has 0 fully saturated rings. The first-order valence-corrected chi connectivity index (χ1v) is 9.51. The van der Waals surface area contributed by atoms with Crippen molar-refractivity contribution in [3.05, 3.63) is 54.0 Å². The Bertz CT molecular complexity index is 800. The highest BCUT2D eigenvalue weighted by molar-refractivity contribution is 5.87. The molecule has 0 spiro atoms. The molecule has 1 aromatic carbocycles. The van der Waals surface area contributed by atoms with Crippen LogP contribution >= 0.6 is 0 Å². The van der Waals surface area contributed by atoms with E-state index >= 15 is 0 Å². The van der Waals surface area contributed by atoms with Gasteiger partial charge in [0.05, 0.1) is 0 Å². The second kappa shape index (κ2) is 11.1. The summed E-state index contributed by atoms with van der Waals surface area (Å²) in [6, 6.07) is 11.3. The summed E-state index contributed by atoms with van der Waals surface area (Å²) in [7, 11) is 5.08. The summed E-state index contributed by atoms with van der Waals surface area (Å²) < 4.78 is 4.76. The minimum atomic E-state index is -0.607. The summed E-state index contributed by atoms with van der Waals surface area (Å²) in [5, 5.41) is 2.62. The van der Waals surface area contributed by atoms with E-state index in [-0.39, 0.29) is 18.4 Å². The minimum Gasteiger partial charge on any atom is -0.375 e. The summed E-state index contributed by atoms with van der Waals surface area (Å²) in [6.45, 7) is 2.69. The normalized spacial score (nSPS) is 11.6. The fourth-order valence-corrected chi connectivity index (χ4v) is 2.80. The van der Waals surface area contributed by atoms with Gasteiger partial charge in [0.1, 0.15) is 24.3 Å². The molecule has 1 unspecified atom stereocenters. The SMILES string of the molecule is COCC(=O)NC(C)C(=O)N(C)CCN(C)c1ccnc(Cc2ccccc2)n1. The Hall–Kier alpha value is -3.00. The van der Waals surface area contributed by atoms with Gasteiger partial charge in [0.25, 0.3) is 0 Å². The number of methoxy groups -OCH3 is 1. The van der Waals surface area contributed by atoms with E-state index in [1.54, 1.807) is 25.1 Å². The number of anilines is 1. The van der Waals surface area contributed by atoms with E-state index in [1.807, 2.05) is 48.3 Å². The Morgan fingerprint density at radius 1 is 1.14 bits per heavy atom. The van der Waals surface area contributed by atoms with Crippen LogP contribution in [0.3, 0.4) is 0 Å². The maximum Gasteiger partial charge on any atom is 0.246 e. The van der Waals surface area contributed by atoms with Crippen LogP contribution in [-0.2, 0) is 20.7 Å². The molecule has 2 rings (SSSR count). The fourth-order valence-electron chi connectivity index (χ4n) is 2.80. The number of benzene rings is 1. The first-order valence-electron chi connectivity index (χ1n) is 9.51. The van der Waals surface area contributed by atoms with Gasteiger partial charge in [-0.1, -0.05) is 30.3 Å². The number of ether oxygens (including phenoxy) is 1. The van der Waals surface area contributed by atoms with Crippen LogP contribution in [-0.4, -0.2) is 73.6 Å². The number of aromatic nitrogens is 2. The monoisotopic (exact) mass is 399 g/mol. The molecule has 0 aliphatic rings. The molecule has 29 heavy (non-hydrogen) atoms. The molecule has 0 aliphatic heterocycles. The van der Waals surface area contributed by atoms with Crippen LogP contribution in [0.25, 0.3) is 0 Å². The molecule has 156 valence electrons. The van der Waals surface area contributed by atoms with Crippen LogP contribution in [0.2, 0.25) is 0 Å². The van der Waals surface area contributed by atoms with Crippen molar-refractivity contribution in [2.75, 3.05) is 45.8 Å². The van der Waals surface area contributed by atoms with Gasteiger partial charge < -0.3 is 19.9 Å². The molecule has 1 atom stereocenters. The van der Waals surface area contributed by atoms with Crippen molar-refractivity contribution < 1.29 is 14.3 Å². The van der Waals surface area contributed by atoms with Crippen molar-refractivity contribution >= 4 is 17.6 Å². The maximum atomic E-state index is 12.4. The minimum absolute atomic E-state index is 0.0664. The van der Waals surface area contributed by atoms with Crippen molar-refractivity contribution in [2.24, 2.45) is 0 Å². The molecule has 0 aliphatic carbocycles. The maximum absolute atomic E-state index is 12.4. The van der Waals surface area contributed by atoms with Gasteiger partial charge in [0, 0.05) is 46.9 Å². The number of nitrogens with one attached hydrogen (secondary N) is 1. The van der Waals surface area contributed by atoms with Gasteiger partial charge in [-0.3, -0.25) is 9.59 Å². The standard InChI is InChI=1S/C21H29N5O3/c1-16(23-20(27)15-29-4)21(28)26(3)13-12-25(2)19-10-11-22-18(24-19)14-17-8-6-5-7-9-17/h5-11,16H,12-15H2,1-4H3,(H,23,27). The number of carbonyl (C=O) groups excluding carboxylic acids is 2. The number of hydrogen-bond acceptors (Lipinski definition) is 6. The molecule has 8 heteroatoms. The van der Waals surface area contributed by atoms with Crippen LogP contribution in [0.1, 0.15) is 18.3 Å². The molecule has 2 amide bonds. The highest BCUT2D eigenvalue weighted by atomic mass is 16.5. The van der Waals surface area contributed by atoms with Crippen LogP contribution in [0.4, 0.5) is 5.82 Å². The number of likely N-dealkylation sites (N-methyl/N-ethyl adjacent to an activating group) is 2. The zero-order chi connectivity index (χ0) is 21.2. The van der Waals surface area contributed by atoms with Crippen molar-refractivity contribution in [1.29, 1.82) is 0 Å². The topological polar surface area (TPSA) is 87.7 Å². The summed E-state index contributed by atoms with van der Waals surface area (Å²) in [5.41, 5.74) is 1.15. The van der Waals surface area contributed by atoms with Crippen LogP contribution in [0, 0.1) is 0 Å². The average molecular weight is 399 g/mol. The van der Waals surface area contributed by atoms with Crippen molar-refractivity contribution in [3.8, 4) is 0 Å². The third-order valence-corrected chi connectivity index (χ3v) is 4.46. The molecule has 2 aromatic rings. The number of hydrogen-bond donors (Lipinski definition) is 1. The zero-order valence-electron chi connectivity index (χ0n) is 17.5. The van der Waals surface area contributed by atoms with E-state index in [9.17, 15) is 9.59 Å². The molecule has 1 aromatic heterocycles. The first kappa shape index (κ1) is 22.3. The molecule has 0 saturated heterocycles. The molecular formula is C21H29N5O3. The fraction of sp³-hybridized carbons (Fsp3) is 0.429. The van der Waals surface area contributed by atoms with Gasteiger partial charge in [-0.15, -0.1) is 0 Å². The first-order chi connectivity index (χ1) is 13.9. The highest BCUT2D eigenvalue weighted by Gasteiger charge is 2.19. The third-order valence-electron chi connectivity index (χ3n) is 4.46. The molecule has 8 nitrogen and oxygen atoms in total. The third kappa shape index (κ3) is 7.15. The van der Waals surface area contributed by atoms with Gasteiger partial charge in [-0.05, 0) is 18.6 Å². The Morgan fingerprint density at radius 2 is 1.86 bits per heavy atom. The number of rotatable bonds is 10. The van der Waals surface area contributed by atoms with E-state index in [4.69, 9.17) is 4.74 Å². The van der Waals surface area contributed by atoms with Crippen molar-refractivity contribution in [2.45, 2.75) is 19.4 Å². The summed E-state index contributed by atoms with van der Waals surface area (Å²) >= 11 is 0. The van der Waals surface area contributed by atoms with Crippen molar-refractivity contribution in [3.63, 3.8) is 0 Å². The van der Waals surface area contributed by atoms with E-state index in [1.165, 1.54) is 7.11 Å². The van der Waals surface area contributed by atoms with Crippen LogP contribution in [0.15, 0.2) is 42.6 Å². The van der Waals surface area contributed by atoms with Crippen LogP contribution in [0.5, 0.6) is 0 Å². The molecule has 1 heterocycles. The Kier molecular flexibility index (Phi) is 8.54. The van der Waals surface area contributed by atoms with Gasteiger partial charge in [0.15, 0.2) is 0 Å². The number of nitrogens with zero attached hydrogens (tertiary/aromatic N) is 4. The Morgan fingerprint density at radius 3 is 2.55 bits per heavy atom. The highest BCUT2D eigenvalue weighted by Crippen LogP contribution is 2.11. The second-order valence-electron chi connectivity index (χ2n) is 6.90. The molecule has 0 radical (unpaired) electrons. The number of amides is 2. The summed E-state index contributed by atoms with van der Waals surface area (Å²) in [4.78, 5) is 36.5. The van der Waals surface area contributed by atoms with Gasteiger partial charge in [-0.25, -0.2) is 9.97 Å². The molecule has 0 bridgehead atoms. The largest absolute Gasteiger partial charge is 0.375 e. The number of carbonyl (C=O) groups is 2. The van der Waals surface area contributed by atoms with E-state index in [2.05, 4.69) is 15.3 Å². The van der Waals surface area contributed by atoms with Crippen molar-refractivity contribution in [1.82, 2.24) is 20.2 Å². The van der Waals surface area contributed by atoms with Gasteiger partial charge >= 0.3 is 0 Å². The van der Waals surface area contributed by atoms with E-state index < -0.39 is 6.04 Å². The van der Waals surface area contributed by atoms with Gasteiger partial charge in [-0.2, -0.15) is 0 Å². The van der Waals surface area contributed by atoms with Crippen LogP contribution < -0.4 is 10.2 Å². The summed E-state index contributed by atoms with van der Waals surface area (Å²) in [6.07, 6.45) is 2.42. The lowest BCUT2D eigenvalue weighted by Gasteiger charge is -2.25. The Labute approximate surface area is 171 Å². The quantitative estimate of drug-likeness (QED) is 0.644. The lowest BCUT2D eigenvalue weighted by Crippen LogP contribution is -2.48. The molecule has 0 saturated carbocycles. The Balaban J connectivity index is 1.88. The smallest absolute Gasteiger partial charge is 0.246 e. The van der Waals surface area contributed by atoms with Gasteiger partial charge in [0.2, 0.25) is 11.8 Å². The second-order valence-corrected chi connectivity index (χ2v) is 6.90. The summed E-state index contributed by atoms with van der Waals surface area (Å²) in [5.74, 6) is 1.08.